The predicted molar refractivity (Wildman–Crippen MR) is 250 cm³/mol. The molecule has 332 valence electrons. The summed E-state index contributed by atoms with van der Waals surface area (Å²) in [6.45, 7) is 0.678. The number of halogens is 2. The number of imide groups is 2. The van der Waals surface area contributed by atoms with E-state index in [1.54, 1.807) is 121 Å². The van der Waals surface area contributed by atoms with Crippen LogP contribution >= 0.6 is 23.5 Å². The highest BCUT2D eigenvalue weighted by molar-refractivity contribution is 8.18. The molecule has 0 atom stereocenters. The molecule has 2 heterocycles. The molecule has 0 unspecified atom stereocenters. The van der Waals surface area contributed by atoms with Crippen LogP contribution in [0.15, 0.2) is 155 Å². The van der Waals surface area contributed by atoms with Gasteiger partial charge in [-0.25, -0.2) is 8.78 Å². The fraction of sp³-hybridized carbons (Fsp3) is 0.0833. The van der Waals surface area contributed by atoms with Crippen LogP contribution in [0.25, 0.3) is 12.2 Å². The van der Waals surface area contributed by atoms with E-state index in [-0.39, 0.29) is 60.2 Å². The van der Waals surface area contributed by atoms with Crippen molar-refractivity contribution >= 4 is 83.1 Å². The standard InChI is InChI=1S/2C24H19BFNO5S/c2*26-20-8-4-17(5-9-20)14-27-23(28)22(33-24(27)29)13-16-6-10-21(11-7-16)32-15-18-2-1-3-19(12-18)25(30)31/h2*1-13,30-31H,14-15H2/b2*22-13-. The number of amides is 4. The van der Waals surface area contributed by atoms with Crippen molar-refractivity contribution in [3.63, 3.8) is 0 Å². The normalized spacial score (nSPS) is 14.8. The average Bonchev–Trinajstić information content (AvgIpc) is 3.73. The molecular formula is C48H38B2F2N2O10S2. The van der Waals surface area contributed by atoms with Gasteiger partial charge in [-0.3, -0.25) is 29.0 Å². The highest BCUT2D eigenvalue weighted by Gasteiger charge is 2.36. The fourth-order valence-electron chi connectivity index (χ4n) is 6.46. The van der Waals surface area contributed by atoms with Gasteiger partial charge >= 0.3 is 14.2 Å². The Labute approximate surface area is 387 Å². The van der Waals surface area contributed by atoms with Crippen molar-refractivity contribution in [2.45, 2.75) is 26.3 Å². The maximum atomic E-state index is 13.1. The van der Waals surface area contributed by atoms with Gasteiger partial charge < -0.3 is 29.6 Å². The van der Waals surface area contributed by atoms with E-state index in [9.17, 15) is 48.1 Å². The van der Waals surface area contributed by atoms with Crippen LogP contribution < -0.4 is 20.4 Å². The number of hydrogen-bond donors (Lipinski definition) is 4. The Bertz CT molecular complexity index is 2590. The summed E-state index contributed by atoms with van der Waals surface area (Å²) < 4.78 is 37.6. The number of rotatable bonds is 14. The van der Waals surface area contributed by atoms with E-state index in [1.807, 2.05) is 12.1 Å². The minimum atomic E-state index is -1.54. The summed E-state index contributed by atoms with van der Waals surface area (Å²) >= 11 is 1.73. The maximum Gasteiger partial charge on any atom is 0.488 e. The highest BCUT2D eigenvalue weighted by Crippen LogP contribution is 2.35. The van der Waals surface area contributed by atoms with Crippen molar-refractivity contribution in [2.24, 2.45) is 0 Å². The highest BCUT2D eigenvalue weighted by atomic mass is 32.2. The third kappa shape index (κ3) is 12.7. The van der Waals surface area contributed by atoms with Crippen LogP contribution in [0.3, 0.4) is 0 Å². The molecule has 2 aliphatic heterocycles. The number of hydrogen-bond acceptors (Lipinski definition) is 12. The molecule has 66 heavy (non-hydrogen) atoms. The SMILES string of the molecule is O=C1S/C(=C\c2ccc(OCc3cccc(B(O)O)c3)cc2)C(=O)N1Cc1ccc(F)cc1.O=C1S/C(=C\c2ccc(OCc3cccc(B(O)O)c3)cc2)C(=O)N1Cc1ccc(F)cc1. The van der Waals surface area contributed by atoms with E-state index < -0.39 is 14.2 Å². The second kappa shape index (κ2) is 21.9. The molecular weight excluding hydrogens is 888 g/mol. The van der Waals surface area contributed by atoms with Crippen LogP contribution in [0, 0.1) is 11.6 Å². The Balaban J connectivity index is 0.000000196. The summed E-state index contributed by atoms with van der Waals surface area (Å²) in [4.78, 5) is 52.9. The third-order valence-corrected chi connectivity index (χ3v) is 11.7. The minimum Gasteiger partial charge on any atom is -0.489 e. The number of ether oxygens (including phenoxy) is 2. The van der Waals surface area contributed by atoms with E-state index >= 15 is 0 Å². The van der Waals surface area contributed by atoms with Gasteiger partial charge in [0.15, 0.2) is 0 Å². The first-order valence-electron chi connectivity index (χ1n) is 20.1. The van der Waals surface area contributed by atoms with Crippen LogP contribution in [0.2, 0.25) is 0 Å². The predicted octanol–water partition coefficient (Wildman–Crippen LogP) is 6.64. The Morgan fingerprint density at radius 1 is 0.485 bits per heavy atom. The lowest BCUT2D eigenvalue weighted by Gasteiger charge is -2.12. The first-order chi connectivity index (χ1) is 31.8. The van der Waals surface area contributed by atoms with Crippen molar-refractivity contribution in [1.29, 1.82) is 0 Å². The topological polar surface area (TPSA) is 174 Å². The molecule has 2 aliphatic rings. The van der Waals surface area contributed by atoms with Gasteiger partial charge in [-0.1, -0.05) is 97.1 Å². The Morgan fingerprint density at radius 2 is 0.848 bits per heavy atom. The molecule has 6 aromatic carbocycles. The van der Waals surface area contributed by atoms with Crippen LogP contribution in [-0.4, -0.2) is 66.4 Å². The van der Waals surface area contributed by atoms with Gasteiger partial charge in [0.2, 0.25) is 0 Å². The maximum absolute atomic E-state index is 13.1. The molecule has 6 aromatic rings. The minimum absolute atomic E-state index is 0.0869. The smallest absolute Gasteiger partial charge is 0.488 e. The molecule has 2 saturated heterocycles. The van der Waals surface area contributed by atoms with Crippen LogP contribution in [0.4, 0.5) is 18.4 Å². The summed E-state index contributed by atoms with van der Waals surface area (Å²) in [7, 11) is -3.07. The molecule has 8 rings (SSSR count). The first-order valence-corrected chi connectivity index (χ1v) is 21.8. The summed E-state index contributed by atoms with van der Waals surface area (Å²) in [6, 6.07) is 39.1. The van der Waals surface area contributed by atoms with Gasteiger partial charge in [-0.15, -0.1) is 0 Å². The third-order valence-electron chi connectivity index (χ3n) is 9.92. The molecule has 4 N–H and O–H groups in total. The molecule has 0 aromatic heterocycles. The molecule has 2 fully saturated rings. The monoisotopic (exact) mass is 926 g/mol. The summed E-state index contributed by atoms with van der Waals surface area (Å²) in [6.07, 6.45) is 3.29. The zero-order chi connectivity index (χ0) is 46.7. The molecule has 0 saturated carbocycles. The van der Waals surface area contributed by atoms with E-state index in [0.717, 1.165) is 55.6 Å². The van der Waals surface area contributed by atoms with Gasteiger partial charge in [0.25, 0.3) is 22.3 Å². The lowest BCUT2D eigenvalue weighted by Crippen LogP contribution is -2.29. The number of benzene rings is 6. The molecule has 0 aliphatic carbocycles. The summed E-state index contributed by atoms with van der Waals surface area (Å²) in [5, 5.41) is 36.3. The molecule has 0 radical (unpaired) electrons. The summed E-state index contributed by atoms with van der Waals surface area (Å²) in [5.74, 6) is -0.324. The number of carbonyl (C=O) groups excluding carboxylic acids is 4. The molecule has 0 bridgehead atoms. The molecule has 0 spiro atoms. The zero-order valence-electron chi connectivity index (χ0n) is 34.7. The van der Waals surface area contributed by atoms with Crippen molar-refractivity contribution in [1.82, 2.24) is 9.80 Å². The van der Waals surface area contributed by atoms with Gasteiger partial charge in [0.05, 0.1) is 22.9 Å². The van der Waals surface area contributed by atoms with E-state index in [2.05, 4.69) is 0 Å². The Morgan fingerprint density at radius 3 is 1.20 bits per heavy atom. The molecule has 12 nitrogen and oxygen atoms in total. The van der Waals surface area contributed by atoms with Gasteiger partial charge in [0, 0.05) is 0 Å². The van der Waals surface area contributed by atoms with Crippen molar-refractivity contribution in [3.8, 4) is 11.5 Å². The number of nitrogens with zero attached hydrogens (tertiary/aromatic N) is 2. The fourth-order valence-corrected chi connectivity index (χ4v) is 8.14. The quantitative estimate of drug-likeness (QED) is 0.0679. The van der Waals surface area contributed by atoms with Crippen LogP contribution in [-0.2, 0) is 35.9 Å². The largest absolute Gasteiger partial charge is 0.489 e. The average molecular weight is 927 g/mol. The number of carbonyl (C=O) groups is 4. The van der Waals surface area contributed by atoms with Gasteiger partial charge in [-0.05, 0) is 129 Å². The van der Waals surface area contributed by atoms with E-state index in [4.69, 9.17) is 9.47 Å². The zero-order valence-corrected chi connectivity index (χ0v) is 36.3. The number of thioether (sulfide) groups is 2. The van der Waals surface area contributed by atoms with Gasteiger partial charge in [-0.2, -0.15) is 0 Å². The second-order valence-corrected chi connectivity index (χ2v) is 16.7. The molecule has 18 heteroatoms. The Hall–Kier alpha value is -6.79. The van der Waals surface area contributed by atoms with Crippen molar-refractivity contribution in [2.75, 3.05) is 0 Å². The lowest BCUT2D eigenvalue weighted by molar-refractivity contribution is -0.124. The van der Waals surface area contributed by atoms with E-state index in [0.29, 0.717) is 43.4 Å². The lowest BCUT2D eigenvalue weighted by atomic mass is 9.80. The second-order valence-electron chi connectivity index (χ2n) is 14.7. The van der Waals surface area contributed by atoms with Crippen LogP contribution in [0.5, 0.6) is 11.5 Å². The first kappa shape index (κ1) is 47.2. The van der Waals surface area contributed by atoms with Crippen molar-refractivity contribution in [3.05, 3.63) is 200 Å². The Kier molecular flexibility index (Phi) is 15.7. The summed E-state index contributed by atoms with van der Waals surface area (Å²) in [5.41, 5.74) is 5.17. The van der Waals surface area contributed by atoms with Crippen LogP contribution in [0.1, 0.15) is 33.4 Å². The van der Waals surface area contributed by atoms with E-state index in [1.165, 1.54) is 24.3 Å². The van der Waals surface area contributed by atoms with Crippen molar-refractivity contribution < 1.29 is 57.5 Å². The van der Waals surface area contributed by atoms with Gasteiger partial charge in [0.1, 0.15) is 36.3 Å². The molecule has 4 amide bonds.